The zero-order valence-electron chi connectivity index (χ0n) is 10.6. The molecule has 0 aliphatic carbocycles. The Labute approximate surface area is 103 Å². The molecule has 2 heterocycles. The molecule has 0 saturated carbocycles. The second kappa shape index (κ2) is 5.25. The van der Waals surface area contributed by atoms with Crippen molar-refractivity contribution in [1.82, 2.24) is 4.98 Å². The minimum absolute atomic E-state index is 0.528. The predicted molar refractivity (Wildman–Crippen MR) is 70.4 cm³/mol. The summed E-state index contributed by atoms with van der Waals surface area (Å²) < 4.78 is 5.16. The van der Waals surface area contributed by atoms with E-state index in [4.69, 9.17) is 10.5 Å². The predicted octanol–water partition coefficient (Wildman–Crippen LogP) is 2.30. The Morgan fingerprint density at radius 1 is 1.41 bits per heavy atom. The minimum Gasteiger partial charge on any atom is -0.479 e. The number of pyridine rings is 1. The zero-order valence-corrected chi connectivity index (χ0v) is 10.6. The van der Waals surface area contributed by atoms with E-state index in [9.17, 15) is 0 Å². The molecule has 2 N–H and O–H groups in total. The van der Waals surface area contributed by atoms with Crippen LogP contribution in [-0.2, 0) is 0 Å². The van der Waals surface area contributed by atoms with Gasteiger partial charge >= 0.3 is 0 Å². The maximum atomic E-state index is 5.77. The van der Waals surface area contributed by atoms with Crippen molar-refractivity contribution >= 4 is 11.5 Å². The summed E-state index contributed by atoms with van der Waals surface area (Å²) in [7, 11) is 1.60. The number of ether oxygens (including phenoxy) is 1. The van der Waals surface area contributed by atoms with Crippen molar-refractivity contribution in [2.24, 2.45) is 5.92 Å². The molecule has 1 aliphatic rings. The molecule has 0 spiro atoms. The van der Waals surface area contributed by atoms with E-state index in [1.165, 1.54) is 19.3 Å². The Kier molecular flexibility index (Phi) is 3.71. The molecule has 1 aliphatic heterocycles. The van der Waals surface area contributed by atoms with Crippen molar-refractivity contribution < 1.29 is 4.74 Å². The molecule has 4 nitrogen and oxygen atoms in total. The number of rotatable bonds is 3. The van der Waals surface area contributed by atoms with Gasteiger partial charge in [-0.3, -0.25) is 0 Å². The van der Waals surface area contributed by atoms with E-state index in [1.54, 1.807) is 7.11 Å². The molecule has 0 unspecified atom stereocenters. The number of hydrogen-bond donors (Lipinski definition) is 1. The summed E-state index contributed by atoms with van der Waals surface area (Å²) in [6.45, 7) is 4.43. The van der Waals surface area contributed by atoms with E-state index in [0.29, 0.717) is 11.6 Å². The van der Waals surface area contributed by atoms with Crippen molar-refractivity contribution in [3.05, 3.63) is 12.1 Å². The molecule has 0 radical (unpaired) electrons. The van der Waals surface area contributed by atoms with Crippen molar-refractivity contribution in [3.63, 3.8) is 0 Å². The molecule has 0 aromatic carbocycles. The maximum Gasteiger partial charge on any atom is 0.238 e. The molecule has 1 fully saturated rings. The van der Waals surface area contributed by atoms with Crippen LogP contribution in [0.4, 0.5) is 11.5 Å². The standard InChI is InChI=1S/C13H21N3O/c1-3-10-6-8-16(9-7-10)12-5-4-11(14)13(15-12)17-2/h4-5,10H,3,6-9,14H2,1-2H3. The van der Waals surface area contributed by atoms with Crippen LogP contribution in [0.5, 0.6) is 5.88 Å². The first kappa shape index (κ1) is 12.0. The van der Waals surface area contributed by atoms with Crippen LogP contribution >= 0.6 is 0 Å². The summed E-state index contributed by atoms with van der Waals surface area (Å²) in [4.78, 5) is 6.76. The second-order valence-electron chi connectivity index (χ2n) is 4.61. The van der Waals surface area contributed by atoms with Crippen LogP contribution in [0.25, 0.3) is 0 Å². The SMILES string of the molecule is CCC1CCN(c2ccc(N)c(OC)n2)CC1. The second-order valence-corrected chi connectivity index (χ2v) is 4.61. The summed E-state index contributed by atoms with van der Waals surface area (Å²) in [5.74, 6) is 2.38. The van der Waals surface area contributed by atoms with Gasteiger partial charge in [-0.1, -0.05) is 13.3 Å². The fourth-order valence-corrected chi connectivity index (χ4v) is 2.35. The molecule has 0 amide bonds. The highest BCUT2D eigenvalue weighted by atomic mass is 16.5. The lowest BCUT2D eigenvalue weighted by Crippen LogP contribution is -2.34. The average molecular weight is 235 g/mol. The Morgan fingerprint density at radius 2 is 2.12 bits per heavy atom. The van der Waals surface area contributed by atoms with Gasteiger partial charge in [-0.25, -0.2) is 0 Å². The molecule has 2 rings (SSSR count). The van der Waals surface area contributed by atoms with Crippen molar-refractivity contribution in [2.45, 2.75) is 26.2 Å². The molecule has 1 aromatic rings. The smallest absolute Gasteiger partial charge is 0.238 e. The van der Waals surface area contributed by atoms with E-state index in [0.717, 1.165) is 24.8 Å². The minimum atomic E-state index is 0.528. The van der Waals surface area contributed by atoms with Crippen LogP contribution in [0.3, 0.4) is 0 Å². The van der Waals surface area contributed by atoms with E-state index in [1.807, 2.05) is 12.1 Å². The Hall–Kier alpha value is -1.45. The quantitative estimate of drug-likeness (QED) is 0.873. The lowest BCUT2D eigenvalue weighted by Gasteiger charge is -2.32. The van der Waals surface area contributed by atoms with Gasteiger partial charge in [0.1, 0.15) is 5.82 Å². The largest absolute Gasteiger partial charge is 0.479 e. The van der Waals surface area contributed by atoms with Gasteiger partial charge in [-0.2, -0.15) is 4.98 Å². The summed E-state index contributed by atoms with van der Waals surface area (Å²) in [5.41, 5.74) is 6.36. The first-order valence-electron chi connectivity index (χ1n) is 6.30. The van der Waals surface area contributed by atoms with Crippen LogP contribution in [-0.4, -0.2) is 25.2 Å². The van der Waals surface area contributed by atoms with Crippen LogP contribution in [0.15, 0.2) is 12.1 Å². The van der Waals surface area contributed by atoms with Crippen LogP contribution < -0.4 is 15.4 Å². The van der Waals surface area contributed by atoms with Crippen LogP contribution in [0, 0.1) is 5.92 Å². The monoisotopic (exact) mass is 235 g/mol. The number of nitrogen functional groups attached to an aromatic ring is 1. The molecular formula is C13H21N3O. The number of piperidine rings is 1. The van der Waals surface area contributed by atoms with E-state index < -0.39 is 0 Å². The molecule has 0 bridgehead atoms. The normalized spacial score (nSPS) is 17.2. The average Bonchev–Trinajstić information content (AvgIpc) is 2.39. The Morgan fingerprint density at radius 3 is 2.71 bits per heavy atom. The summed E-state index contributed by atoms with van der Waals surface area (Å²) in [5, 5.41) is 0. The third-order valence-electron chi connectivity index (χ3n) is 3.58. The molecule has 94 valence electrons. The third kappa shape index (κ3) is 2.62. The van der Waals surface area contributed by atoms with Gasteiger partial charge in [0.05, 0.1) is 12.8 Å². The third-order valence-corrected chi connectivity index (χ3v) is 3.58. The molecule has 0 atom stereocenters. The number of hydrogen-bond acceptors (Lipinski definition) is 4. The fourth-order valence-electron chi connectivity index (χ4n) is 2.35. The Bertz CT molecular complexity index is 373. The first-order valence-corrected chi connectivity index (χ1v) is 6.30. The lowest BCUT2D eigenvalue weighted by atomic mass is 9.94. The number of anilines is 2. The van der Waals surface area contributed by atoms with Gasteiger partial charge in [-0.15, -0.1) is 0 Å². The topological polar surface area (TPSA) is 51.4 Å². The van der Waals surface area contributed by atoms with E-state index in [2.05, 4.69) is 16.8 Å². The van der Waals surface area contributed by atoms with Crippen molar-refractivity contribution in [2.75, 3.05) is 30.8 Å². The van der Waals surface area contributed by atoms with Crippen molar-refractivity contribution in [3.8, 4) is 5.88 Å². The summed E-state index contributed by atoms with van der Waals surface area (Å²) in [6, 6.07) is 3.84. The highest BCUT2D eigenvalue weighted by Gasteiger charge is 2.19. The Balaban J connectivity index is 2.08. The number of nitrogens with zero attached hydrogens (tertiary/aromatic N) is 2. The molecular weight excluding hydrogens is 214 g/mol. The molecule has 4 heteroatoms. The van der Waals surface area contributed by atoms with Gasteiger partial charge in [0.15, 0.2) is 0 Å². The van der Waals surface area contributed by atoms with Gasteiger partial charge < -0.3 is 15.4 Å². The van der Waals surface area contributed by atoms with Gasteiger partial charge in [0.2, 0.25) is 5.88 Å². The lowest BCUT2D eigenvalue weighted by molar-refractivity contribution is 0.386. The van der Waals surface area contributed by atoms with Gasteiger partial charge in [0.25, 0.3) is 0 Å². The zero-order chi connectivity index (χ0) is 12.3. The number of nitrogens with two attached hydrogens (primary N) is 1. The van der Waals surface area contributed by atoms with Gasteiger partial charge in [0, 0.05) is 13.1 Å². The summed E-state index contributed by atoms with van der Waals surface area (Å²) in [6.07, 6.45) is 3.79. The first-order chi connectivity index (χ1) is 8.24. The maximum absolute atomic E-state index is 5.77. The van der Waals surface area contributed by atoms with Crippen LogP contribution in [0.1, 0.15) is 26.2 Å². The summed E-state index contributed by atoms with van der Waals surface area (Å²) >= 11 is 0. The van der Waals surface area contributed by atoms with E-state index in [-0.39, 0.29) is 0 Å². The number of methoxy groups -OCH3 is 1. The molecule has 1 saturated heterocycles. The molecule has 17 heavy (non-hydrogen) atoms. The number of aromatic nitrogens is 1. The van der Waals surface area contributed by atoms with Crippen molar-refractivity contribution in [1.29, 1.82) is 0 Å². The van der Waals surface area contributed by atoms with Gasteiger partial charge in [-0.05, 0) is 30.9 Å². The highest BCUT2D eigenvalue weighted by molar-refractivity contribution is 5.54. The fraction of sp³-hybridized carbons (Fsp3) is 0.615. The van der Waals surface area contributed by atoms with Crippen LogP contribution in [0.2, 0.25) is 0 Å². The van der Waals surface area contributed by atoms with E-state index >= 15 is 0 Å². The molecule has 1 aromatic heterocycles. The highest BCUT2D eigenvalue weighted by Crippen LogP contribution is 2.27.